The van der Waals surface area contributed by atoms with Crippen LogP contribution in [-0.4, -0.2) is 31.5 Å². The third-order valence-corrected chi connectivity index (χ3v) is 5.36. The lowest BCUT2D eigenvalue weighted by Crippen LogP contribution is -2.07. The number of hydrogen-bond acceptors (Lipinski definition) is 5. The second kappa shape index (κ2) is 10.8. The van der Waals surface area contributed by atoms with E-state index in [9.17, 15) is 5.11 Å². The number of imidazole rings is 1. The number of rotatable bonds is 8. The van der Waals surface area contributed by atoms with Crippen molar-refractivity contribution in [1.29, 1.82) is 0 Å². The van der Waals surface area contributed by atoms with Crippen LogP contribution in [0.25, 0.3) is 11.3 Å². The van der Waals surface area contributed by atoms with Gasteiger partial charge in [-0.3, -0.25) is 0 Å². The smallest absolute Gasteiger partial charge is 0.167 e. The van der Waals surface area contributed by atoms with Crippen LogP contribution in [0.1, 0.15) is 54.1 Å². The Balaban J connectivity index is 1.39. The molecule has 0 fully saturated rings. The molecule has 0 radical (unpaired) electrons. The number of aliphatic hydroxyl groups excluding tert-OH is 2. The summed E-state index contributed by atoms with van der Waals surface area (Å²) in [6.07, 6.45) is 5.64. The molecule has 2 aromatic heterocycles. The number of hydrogen-bond donors (Lipinski definition) is 2. The molecule has 0 spiro atoms. The summed E-state index contributed by atoms with van der Waals surface area (Å²) in [6, 6.07) is 18.0. The van der Waals surface area contributed by atoms with Crippen molar-refractivity contribution < 1.29 is 14.7 Å². The molecule has 2 N–H and O–H groups in total. The van der Waals surface area contributed by atoms with E-state index in [-0.39, 0.29) is 6.61 Å². The minimum atomic E-state index is -0.644. The second-order valence-electron chi connectivity index (χ2n) is 7.98. The van der Waals surface area contributed by atoms with Crippen molar-refractivity contribution in [3.8, 4) is 23.2 Å². The van der Waals surface area contributed by atoms with Gasteiger partial charge in [-0.2, -0.15) is 0 Å². The van der Waals surface area contributed by atoms with Crippen LogP contribution in [0.4, 0.5) is 0 Å². The summed E-state index contributed by atoms with van der Waals surface area (Å²) in [5, 5.41) is 22.8. The fourth-order valence-electron chi connectivity index (χ4n) is 3.58. The van der Waals surface area contributed by atoms with Crippen LogP contribution >= 0.6 is 0 Å². The summed E-state index contributed by atoms with van der Waals surface area (Å²) in [5.74, 6) is 7.68. The molecule has 33 heavy (non-hydrogen) atoms. The lowest BCUT2D eigenvalue weighted by atomic mass is 10.1. The molecule has 0 bridgehead atoms. The summed E-state index contributed by atoms with van der Waals surface area (Å²) in [4.78, 5) is 4.18. The molecule has 2 heterocycles. The zero-order valence-corrected chi connectivity index (χ0v) is 18.6. The summed E-state index contributed by atoms with van der Waals surface area (Å²) in [7, 11) is 0. The Morgan fingerprint density at radius 1 is 1.00 bits per heavy atom. The van der Waals surface area contributed by atoms with Crippen molar-refractivity contribution in [3.05, 3.63) is 95.2 Å². The van der Waals surface area contributed by atoms with Crippen molar-refractivity contribution in [2.45, 2.75) is 38.8 Å². The third-order valence-electron chi connectivity index (χ3n) is 5.36. The number of aliphatic hydroxyl groups is 2. The summed E-state index contributed by atoms with van der Waals surface area (Å²) >= 11 is 0. The Bertz CT molecular complexity index is 1230. The van der Waals surface area contributed by atoms with Crippen molar-refractivity contribution >= 4 is 0 Å². The van der Waals surface area contributed by atoms with Gasteiger partial charge in [-0.25, -0.2) is 4.98 Å². The van der Waals surface area contributed by atoms with Crippen LogP contribution in [0.3, 0.4) is 0 Å². The van der Waals surface area contributed by atoms with Crippen molar-refractivity contribution in [2.75, 3.05) is 6.61 Å². The molecular weight excluding hydrogens is 414 g/mol. The van der Waals surface area contributed by atoms with E-state index in [4.69, 9.17) is 9.63 Å². The van der Waals surface area contributed by atoms with Crippen LogP contribution in [0, 0.1) is 11.8 Å². The highest BCUT2D eigenvalue weighted by Gasteiger charge is 2.12. The zero-order chi connectivity index (χ0) is 23.0. The van der Waals surface area contributed by atoms with Gasteiger partial charge in [0, 0.05) is 41.8 Å². The predicted octanol–water partition coefficient (Wildman–Crippen LogP) is 4.35. The molecule has 0 aliphatic carbocycles. The molecule has 4 rings (SSSR count). The standard InChI is InChI=1S/C27H27N3O3/c1-20(32)27-28-15-16-30(27)19-25-18-26(33-29-25)24-13-11-23(12-14-24)10-9-22-7-5-21(6-8-22)4-2-3-17-31/h5-8,11-16,18,20,31-32H,2-4,17,19H2,1H3/t20-/m0/s1. The fourth-order valence-corrected chi connectivity index (χ4v) is 3.58. The first-order valence-corrected chi connectivity index (χ1v) is 11.1. The van der Waals surface area contributed by atoms with Gasteiger partial charge in [0.15, 0.2) is 5.76 Å². The zero-order valence-electron chi connectivity index (χ0n) is 18.6. The van der Waals surface area contributed by atoms with Crippen molar-refractivity contribution in [2.24, 2.45) is 0 Å². The maximum absolute atomic E-state index is 9.80. The van der Waals surface area contributed by atoms with E-state index in [1.165, 1.54) is 5.56 Å². The molecule has 4 aromatic rings. The van der Waals surface area contributed by atoms with Crippen LogP contribution in [0.5, 0.6) is 0 Å². The van der Waals surface area contributed by atoms with Gasteiger partial charge in [0.05, 0.1) is 6.54 Å². The maximum Gasteiger partial charge on any atom is 0.167 e. The quantitative estimate of drug-likeness (QED) is 0.314. The largest absolute Gasteiger partial charge is 0.396 e. The first-order chi connectivity index (χ1) is 16.1. The highest BCUT2D eigenvalue weighted by Crippen LogP contribution is 2.22. The minimum Gasteiger partial charge on any atom is -0.396 e. The normalized spacial score (nSPS) is 11.7. The minimum absolute atomic E-state index is 0.246. The van der Waals surface area contributed by atoms with Crippen LogP contribution < -0.4 is 0 Å². The van der Waals surface area contributed by atoms with Crippen molar-refractivity contribution in [1.82, 2.24) is 14.7 Å². The molecule has 0 saturated carbocycles. The average Bonchev–Trinajstić information content (AvgIpc) is 3.49. The third kappa shape index (κ3) is 5.98. The Morgan fingerprint density at radius 2 is 1.70 bits per heavy atom. The van der Waals surface area contributed by atoms with E-state index < -0.39 is 6.10 Å². The summed E-state index contributed by atoms with van der Waals surface area (Å²) < 4.78 is 7.37. The lowest BCUT2D eigenvalue weighted by molar-refractivity contribution is 0.184. The molecule has 2 aromatic carbocycles. The number of nitrogens with zero attached hydrogens (tertiary/aromatic N) is 3. The fraction of sp³-hybridized carbons (Fsp3) is 0.259. The highest BCUT2D eigenvalue weighted by atomic mass is 16.5. The predicted molar refractivity (Wildman–Crippen MR) is 126 cm³/mol. The molecule has 1 atom stereocenters. The molecule has 0 amide bonds. The molecule has 0 saturated heterocycles. The highest BCUT2D eigenvalue weighted by molar-refractivity contribution is 5.59. The van der Waals surface area contributed by atoms with Crippen molar-refractivity contribution in [3.63, 3.8) is 0 Å². The first-order valence-electron chi connectivity index (χ1n) is 11.1. The van der Waals surface area contributed by atoms with E-state index in [0.29, 0.717) is 18.1 Å². The monoisotopic (exact) mass is 441 g/mol. The Kier molecular flexibility index (Phi) is 7.36. The first kappa shape index (κ1) is 22.5. The van der Waals surface area contributed by atoms with Crippen LogP contribution in [0.15, 0.2) is 71.5 Å². The molecular formula is C27H27N3O3. The molecule has 0 aliphatic rings. The SMILES string of the molecule is C[C@H](O)c1nccn1Cc1cc(-c2ccc(C#Cc3ccc(CCCCO)cc3)cc2)on1. The molecule has 168 valence electrons. The van der Waals surface area contributed by atoms with Crippen LogP contribution in [-0.2, 0) is 13.0 Å². The molecule has 6 nitrogen and oxygen atoms in total. The van der Waals surface area contributed by atoms with E-state index >= 15 is 0 Å². The number of benzene rings is 2. The van der Waals surface area contributed by atoms with E-state index in [1.54, 1.807) is 13.1 Å². The maximum atomic E-state index is 9.80. The average molecular weight is 442 g/mol. The topological polar surface area (TPSA) is 84.3 Å². The van der Waals surface area contributed by atoms with Gasteiger partial charge in [0.25, 0.3) is 0 Å². The molecule has 0 unspecified atom stereocenters. The number of aryl methyl sites for hydroxylation is 1. The van der Waals surface area contributed by atoms with Gasteiger partial charge in [0.1, 0.15) is 17.6 Å². The summed E-state index contributed by atoms with van der Waals surface area (Å²) in [6.45, 7) is 2.41. The van der Waals surface area contributed by atoms with Gasteiger partial charge < -0.3 is 19.3 Å². The van der Waals surface area contributed by atoms with E-state index in [2.05, 4.69) is 34.1 Å². The number of aromatic nitrogens is 3. The van der Waals surface area contributed by atoms with Gasteiger partial charge in [0.2, 0.25) is 0 Å². The van der Waals surface area contributed by atoms with E-state index in [1.807, 2.05) is 53.2 Å². The Hall–Kier alpha value is -3.66. The van der Waals surface area contributed by atoms with Gasteiger partial charge >= 0.3 is 0 Å². The van der Waals surface area contributed by atoms with Gasteiger partial charge in [-0.15, -0.1) is 0 Å². The van der Waals surface area contributed by atoms with Crippen LogP contribution in [0.2, 0.25) is 0 Å². The van der Waals surface area contributed by atoms with Gasteiger partial charge in [-0.05, 0) is 68.1 Å². The Morgan fingerprint density at radius 3 is 2.36 bits per heavy atom. The lowest BCUT2D eigenvalue weighted by Gasteiger charge is -2.07. The second-order valence-corrected chi connectivity index (χ2v) is 7.98. The summed E-state index contributed by atoms with van der Waals surface area (Å²) in [5.41, 5.74) is 4.84. The Labute approximate surface area is 193 Å². The van der Waals surface area contributed by atoms with E-state index in [0.717, 1.165) is 41.6 Å². The van der Waals surface area contributed by atoms with Gasteiger partial charge in [-0.1, -0.05) is 29.1 Å². The molecule has 0 aliphatic heterocycles. The molecule has 6 heteroatoms. The number of unbranched alkanes of at least 4 members (excludes halogenated alkanes) is 1.